The summed E-state index contributed by atoms with van der Waals surface area (Å²) in [6.45, 7) is 1.58. The normalized spacial score (nSPS) is 11.7. The molecule has 1 aromatic carbocycles. The lowest BCUT2D eigenvalue weighted by atomic mass is 10.2. The van der Waals surface area contributed by atoms with Gasteiger partial charge in [0, 0.05) is 5.69 Å². The summed E-state index contributed by atoms with van der Waals surface area (Å²) in [5, 5.41) is 5.62. The predicted octanol–water partition coefficient (Wildman–Crippen LogP) is 1.99. The SMILES string of the molecule is CC(Nc1ccc(Cl)c(Cl)c1)C(=O)NC(N)=O. The first-order valence-corrected chi connectivity index (χ1v) is 5.47. The van der Waals surface area contributed by atoms with Crippen molar-refractivity contribution in [3.8, 4) is 0 Å². The Morgan fingerprint density at radius 1 is 1.29 bits per heavy atom. The average Bonchev–Trinajstić information content (AvgIpc) is 2.22. The Labute approximate surface area is 108 Å². The highest BCUT2D eigenvalue weighted by Crippen LogP contribution is 2.25. The molecule has 0 aliphatic heterocycles. The van der Waals surface area contributed by atoms with Crippen LogP contribution in [-0.2, 0) is 4.79 Å². The number of rotatable bonds is 3. The predicted molar refractivity (Wildman–Crippen MR) is 67.3 cm³/mol. The van der Waals surface area contributed by atoms with Gasteiger partial charge in [-0.2, -0.15) is 0 Å². The molecule has 0 bridgehead atoms. The van der Waals surface area contributed by atoms with E-state index in [0.29, 0.717) is 15.7 Å². The van der Waals surface area contributed by atoms with Crippen LogP contribution in [0.15, 0.2) is 18.2 Å². The summed E-state index contributed by atoms with van der Waals surface area (Å²) in [7, 11) is 0. The third kappa shape index (κ3) is 4.13. The summed E-state index contributed by atoms with van der Waals surface area (Å²) in [5.41, 5.74) is 5.45. The van der Waals surface area contributed by atoms with Crippen LogP contribution >= 0.6 is 23.2 Å². The molecule has 0 aliphatic carbocycles. The van der Waals surface area contributed by atoms with Crippen molar-refractivity contribution in [3.05, 3.63) is 28.2 Å². The number of hydrogen-bond donors (Lipinski definition) is 3. The Morgan fingerprint density at radius 2 is 1.94 bits per heavy atom. The van der Waals surface area contributed by atoms with Crippen LogP contribution in [0, 0.1) is 0 Å². The van der Waals surface area contributed by atoms with Gasteiger partial charge in [0.1, 0.15) is 6.04 Å². The average molecular weight is 276 g/mol. The third-order valence-electron chi connectivity index (χ3n) is 1.94. The minimum absolute atomic E-state index is 0.374. The van der Waals surface area contributed by atoms with Crippen LogP contribution in [0.3, 0.4) is 0 Å². The minimum Gasteiger partial charge on any atom is -0.374 e. The van der Waals surface area contributed by atoms with Crippen LogP contribution in [0.1, 0.15) is 6.92 Å². The number of nitrogens with two attached hydrogens (primary N) is 1. The molecule has 7 heteroatoms. The first-order chi connectivity index (χ1) is 7.90. The summed E-state index contributed by atoms with van der Waals surface area (Å²) < 4.78 is 0. The van der Waals surface area contributed by atoms with E-state index in [1.807, 2.05) is 5.32 Å². The second kappa shape index (κ2) is 5.75. The number of urea groups is 1. The van der Waals surface area contributed by atoms with Crippen molar-refractivity contribution >= 4 is 40.8 Å². The lowest BCUT2D eigenvalue weighted by Crippen LogP contribution is -2.43. The highest BCUT2D eigenvalue weighted by Gasteiger charge is 2.14. The van der Waals surface area contributed by atoms with Gasteiger partial charge in [-0.3, -0.25) is 10.1 Å². The number of benzene rings is 1. The Bertz CT molecular complexity index is 451. The molecule has 0 aliphatic rings. The maximum Gasteiger partial charge on any atom is 0.318 e. The van der Waals surface area contributed by atoms with E-state index in [2.05, 4.69) is 5.32 Å². The maximum absolute atomic E-state index is 11.4. The molecule has 4 N–H and O–H groups in total. The third-order valence-corrected chi connectivity index (χ3v) is 2.68. The van der Waals surface area contributed by atoms with E-state index in [1.165, 1.54) is 0 Å². The van der Waals surface area contributed by atoms with E-state index in [0.717, 1.165) is 0 Å². The van der Waals surface area contributed by atoms with Crippen LogP contribution in [-0.4, -0.2) is 18.0 Å². The van der Waals surface area contributed by atoms with Crippen molar-refractivity contribution < 1.29 is 9.59 Å². The number of halogens is 2. The van der Waals surface area contributed by atoms with Crippen molar-refractivity contribution in [1.29, 1.82) is 0 Å². The summed E-state index contributed by atoms with van der Waals surface area (Å²) in [6, 6.07) is 3.34. The van der Waals surface area contributed by atoms with E-state index < -0.39 is 18.0 Å². The Morgan fingerprint density at radius 3 is 2.47 bits per heavy atom. The van der Waals surface area contributed by atoms with Gasteiger partial charge in [-0.05, 0) is 25.1 Å². The van der Waals surface area contributed by atoms with E-state index in [-0.39, 0.29) is 0 Å². The first kappa shape index (κ1) is 13.6. The summed E-state index contributed by atoms with van der Waals surface area (Å²) in [4.78, 5) is 21.9. The number of amides is 3. The fraction of sp³-hybridized carbons (Fsp3) is 0.200. The molecule has 17 heavy (non-hydrogen) atoms. The molecule has 0 aromatic heterocycles. The zero-order valence-electron chi connectivity index (χ0n) is 8.96. The number of carbonyl (C=O) groups is 2. The van der Waals surface area contributed by atoms with E-state index >= 15 is 0 Å². The Balaban J connectivity index is 2.67. The molecule has 1 atom stereocenters. The van der Waals surface area contributed by atoms with Gasteiger partial charge in [0.2, 0.25) is 5.91 Å². The molecule has 1 rings (SSSR count). The fourth-order valence-corrected chi connectivity index (χ4v) is 1.43. The second-order valence-corrected chi connectivity index (χ2v) is 4.16. The van der Waals surface area contributed by atoms with E-state index in [9.17, 15) is 9.59 Å². The standard InChI is InChI=1S/C10H11Cl2N3O2/c1-5(9(16)15-10(13)17)14-6-2-3-7(11)8(12)4-6/h2-5,14H,1H3,(H3,13,15,16,17). The number of nitrogens with one attached hydrogen (secondary N) is 2. The van der Waals surface area contributed by atoms with Crippen LogP contribution in [0.5, 0.6) is 0 Å². The molecule has 1 aromatic rings. The molecule has 0 heterocycles. The number of hydrogen-bond acceptors (Lipinski definition) is 3. The molecule has 0 spiro atoms. The molecule has 3 amide bonds. The lowest BCUT2D eigenvalue weighted by molar-refractivity contribution is -0.120. The van der Waals surface area contributed by atoms with Gasteiger partial charge in [0.05, 0.1) is 10.0 Å². The number of carbonyl (C=O) groups excluding carboxylic acids is 2. The van der Waals surface area contributed by atoms with Crippen LogP contribution in [0.25, 0.3) is 0 Å². The highest BCUT2D eigenvalue weighted by atomic mass is 35.5. The van der Waals surface area contributed by atoms with Crippen molar-refractivity contribution in [2.75, 3.05) is 5.32 Å². The number of primary amides is 1. The Kier molecular flexibility index (Phi) is 4.60. The highest BCUT2D eigenvalue weighted by molar-refractivity contribution is 6.42. The minimum atomic E-state index is -0.891. The molecule has 0 saturated heterocycles. The largest absolute Gasteiger partial charge is 0.374 e. The molecule has 5 nitrogen and oxygen atoms in total. The smallest absolute Gasteiger partial charge is 0.318 e. The van der Waals surface area contributed by atoms with Gasteiger partial charge in [-0.15, -0.1) is 0 Å². The second-order valence-electron chi connectivity index (χ2n) is 3.35. The zero-order chi connectivity index (χ0) is 13.0. The van der Waals surface area contributed by atoms with Crippen molar-refractivity contribution in [3.63, 3.8) is 0 Å². The zero-order valence-corrected chi connectivity index (χ0v) is 10.5. The first-order valence-electron chi connectivity index (χ1n) is 4.72. The monoisotopic (exact) mass is 275 g/mol. The van der Waals surface area contributed by atoms with Gasteiger partial charge >= 0.3 is 6.03 Å². The van der Waals surface area contributed by atoms with E-state index in [4.69, 9.17) is 28.9 Å². The van der Waals surface area contributed by atoms with Crippen molar-refractivity contribution in [2.45, 2.75) is 13.0 Å². The quantitative estimate of drug-likeness (QED) is 0.789. The topological polar surface area (TPSA) is 84.2 Å². The van der Waals surface area contributed by atoms with Crippen LogP contribution < -0.4 is 16.4 Å². The summed E-state index contributed by atoms with van der Waals surface area (Å²) in [6.07, 6.45) is 0. The number of imide groups is 1. The number of anilines is 1. The molecule has 0 radical (unpaired) electrons. The van der Waals surface area contributed by atoms with E-state index in [1.54, 1.807) is 25.1 Å². The maximum atomic E-state index is 11.4. The van der Waals surface area contributed by atoms with Gasteiger partial charge in [0.15, 0.2) is 0 Å². The molecule has 0 fully saturated rings. The van der Waals surface area contributed by atoms with Crippen molar-refractivity contribution in [1.82, 2.24) is 5.32 Å². The van der Waals surface area contributed by atoms with Crippen LogP contribution in [0.4, 0.5) is 10.5 Å². The fourth-order valence-electron chi connectivity index (χ4n) is 1.13. The molecule has 0 saturated carbocycles. The van der Waals surface area contributed by atoms with Gasteiger partial charge in [0.25, 0.3) is 0 Å². The molecular weight excluding hydrogens is 265 g/mol. The molecular formula is C10H11Cl2N3O2. The summed E-state index contributed by atoms with van der Waals surface area (Å²) >= 11 is 11.6. The van der Waals surface area contributed by atoms with Gasteiger partial charge in [-0.1, -0.05) is 23.2 Å². The molecule has 1 unspecified atom stereocenters. The summed E-state index contributed by atoms with van der Waals surface area (Å²) in [5.74, 6) is -0.524. The lowest BCUT2D eigenvalue weighted by Gasteiger charge is -2.14. The van der Waals surface area contributed by atoms with Crippen molar-refractivity contribution in [2.24, 2.45) is 5.73 Å². The van der Waals surface area contributed by atoms with Crippen LogP contribution in [0.2, 0.25) is 10.0 Å². The Hall–Kier alpha value is -1.46. The van der Waals surface area contributed by atoms with Gasteiger partial charge < -0.3 is 11.1 Å². The molecule has 92 valence electrons. The van der Waals surface area contributed by atoms with Gasteiger partial charge in [-0.25, -0.2) is 4.79 Å².